The molecule has 0 aromatic carbocycles. The Balaban J connectivity index is 2.07. The number of hydrogen-bond donors (Lipinski definition) is 1. The standard InChI is InChI=1S/C15H24N2O2/c1-2-3-4-5-6-7-8-9-10-14-16-11-13(12-17-14)15(18)19/h11-12H,2-10H2,1H3,(H,18,19). The highest BCUT2D eigenvalue weighted by atomic mass is 16.4. The number of carbonyl (C=O) groups is 1. The summed E-state index contributed by atoms with van der Waals surface area (Å²) in [5.74, 6) is -0.227. The Hall–Kier alpha value is -1.45. The lowest BCUT2D eigenvalue weighted by atomic mass is 10.1. The first kappa shape index (κ1) is 15.6. The van der Waals surface area contributed by atoms with Gasteiger partial charge in [-0.1, -0.05) is 51.9 Å². The second-order valence-corrected chi connectivity index (χ2v) is 4.92. The average Bonchev–Trinajstić information content (AvgIpc) is 2.42. The fourth-order valence-electron chi connectivity index (χ4n) is 2.01. The molecule has 1 aromatic heterocycles. The predicted molar refractivity (Wildman–Crippen MR) is 75.3 cm³/mol. The molecular formula is C15H24N2O2. The van der Waals surface area contributed by atoms with E-state index in [4.69, 9.17) is 5.11 Å². The third kappa shape index (κ3) is 6.89. The summed E-state index contributed by atoms with van der Waals surface area (Å²) in [4.78, 5) is 18.8. The highest BCUT2D eigenvalue weighted by Crippen LogP contribution is 2.09. The summed E-state index contributed by atoms with van der Waals surface area (Å²) in [7, 11) is 0. The maximum atomic E-state index is 10.6. The average molecular weight is 264 g/mol. The highest BCUT2D eigenvalue weighted by Gasteiger charge is 2.03. The maximum Gasteiger partial charge on any atom is 0.338 e. The van der Waals surface area contributed by atoms with Crippen molar-refractivity contribution in [3.05, 3.63) is 23.8 Å². The molecule has 1 rings (SSSR count). The van der Waals surface area contributed by atoms with Gasteiger partial charge >= 0.3 is 5.97 Å². The van der Waals surface area contributed by atoms with Gasteiger partial charge in [-0.05, 0) is 6.42 Å². The zero-order valence-electron chi connectivity index (χ0n) is 11.8. The molecular weight excluding hydrogens is 240 g/mol. The number of aryl methyl sites for hydroxylation is 1. The Labute approximate surface area is 115 Å². The van der Waals surface area contributed by atoms with Gasteiger partial charge in [-0.2, -0.15) is 0 Å². The number of hydrogen-bond acceptors (Lipinski definition) is 3. The molecule has 0 atom stereocenters. The van der Waals surface area contributed by atoms with Crippen LogP contribution in [-0.4, -0.2) is 21.0 Å². The largest absolute Gasteiger partial charge is 0.478 e. The van der Waals surface area contributed by atoms with Crippen LogP contribution in [0.5, 0.6) is 0 Å². The minimum atomic E-state index is -0.973. The van der Waals surface area contributed by atoms with Crippen LogP contribution in [0.2, 0.25) is 0 Å². The first-order chi connectivity index (χ1) is 9.24. The molecule has 4 heteroatoms. The zero-order chi connectivity index (χ0) is 13.9. The van der Waals surface area contributed by atoms with Gasteiger partial charge in [0.2, 0.25) is 0 Å². The smallest absolute Gasteiger partial charge is 0.338 e. The molecule has 1 heterocycles. The first-order valence-corrected chi connectivity index (χ1v) is 7.28. The van der Waals surface area contributed by atoms with E-state index >= 15 is 0 Å². The fraction of sp³-hybridized carbons (Fsp3) is 0.667. The molecule has 4 nitrogen and oxygen atoms in total. The number of rotatable bonds is 10. The van der Waals surface area contributed by atoms with Crippen molar-refractivity contribution in [2.75, 3.05) is 0 Å². The summed E-state index contributed by atoms with van der Waals surface area (Å²) < 4.78 is 0. The van der Waals surface area contributed by atoms with Crippen LogP contribution in [0.25, 0.3) is 0 Å². The van der Waals surface area contributed by atoms with Gasteiger partial charge in [0.1, 0.15) is 5.82 Å². The van der Waals surface area contributed by atoms with E-state index in [9.17, 15) is 4.79 Å². The first-order valence-electron chi connectivity index (χ1n) is 7.28. The van der Waals surface area contributed by atoms with Crippen LogP contribution < -0.4 is 0 Å². The summed E-state index contributed by atoms with van der Waals surface area (Å²) in [6.07, 6.45) is 13.8. The van der Waals surface area contributed by atoms with Gasteiger partial charge in [0.05, 0.1) is 5.56 Å². The summed E-state index contributed by atoms with van der Waals surface area (Å²) in [6, 6.07) is 0. The van der Waals surface area contributed by atoms with E-state index in [1.165, 1.54) is 57.3 Å². The molecule has 0 spiro atoms. The van der Waals surface area contributed by atoms with Crippen molar-refractivity contribution in [3.8, 4) is 0 Å². The molecule has 0 aliphatic rings. The number of carboxylic acids is 1. The zero-order valence-corrected chi connectivity index (χ0v) is 11.8. The number of nitrogens with zero attached hydrogens (tertiary/aromatic N) is 2. The predicted octanol–water partition coefficient (Wildman–Crippen LogP) is 3.86. The highest BCUT2D eigenvalue weighted by molar-refractivity contribution is 5.86. The van der Waals surface area contributed by atoms with Crippen molar-refractivity contribution in [3.63, 3.8) is 0 Å². The van der Waals surface area contributed by atoms with Crippen molar-refractivity contribution in [1.82, 2.24) is 9.97 Å². The molecule has 1 aromatic rings. The van der Waals surface area contributed by atoms with Gasteiger partial charge in [0.25, 0.3) is 0 Å². The van der Waals surface area contributed by atoms with Crippen LogP contribution in [0.4, 0.5) is 0 Å². The molecule has 0 amide bonds. The lowest BCUT2D eigenvalue weighted by Gasteiger charge is -2.02. The van der Waals surface area contributed by atoms with Crippen LogP contribution in [0.15, 0.2) is 12.4 Å². The van der Waals surface area contributed by atoms with Gasteiger partial charge in [0, 0.05) is 18.8 Å². The topological polar surface area (TPSA) is 63.1 Å². The molecule has 0 radical (unpaired) electrons. The molecule has 0 saturated heterocycles. The molecule has 0 fully saturated rings. The lowest BCUT2D eigenvalue weighted by molar-refractivity contribution is 0.0696. The van der Waals surface area contributed by atoms with Crippen LogP contribution in [-0.2, 0) is 6.42 Å². The molecule has 19 heavy (non-hydrogen) atoms. The third-order valence-electron chi connectivity index (χ3n) is 3.21. The molecule has 0 unspecified atom stereocenters. The van der Waals surface area contributed by atoms with Crippen molar-refractivity contribution in [2.24, 2.45) is 0 Å². The second kappa shape index (κ2) is 9.48. The van der Waals surface area contributed by atoms with Gasteiger partial charge in [-0.15, -0.1) is 0 Å². The fourth-order valence-corrected chi connectivity index (χ4v) is 2.01. The van der Waals surface area contributed by atoms with Crippen LogP contribution in [0.1, 0.15) is 74.5 Å². The summed E-state index contributed by atoms with van der Waals surface area (Å²) in [5.41, 5.74) is 0.152. The lowest BCUT2D eigenvalue weighted by Crippen LogP contribution is -2.01. The van der Waals surface area contributed by atoms with E-state index in [2.05, 4.69) is 16.9 Å². The van der Waals surface area contributed by atoms with Crippen molar-refractivity contribution >= 4 is 5.97 Å². The van der Waals surface area contributed by atoms with Crippen molar-refractivity contribution < 1.29 is 9.90 Å². The third-order valence-corrected chi connectivity index (χ3v) is 3.21. The second-order valence-electron chi connectivity index (χ2n) is 4.92. The van der Waals surface area contributed by atoms with Gasteiger partial charge in [-0.25, -0.2) is 14.8 Å². The Morgan fingerprint density at radius 1 is 1.00 bits per heavy atom. The summed E-state index contributed by atoms with van der Waals surface area (Å²) in [6.45, 7) is 2.23. The van der Waals surface area contributed by atoms with E-state index in [1.807, 2.05) is 0 Å². The van der Waals surface area contributed by atoms with Gasteiger partial charge in [-0.3, -0.25) is 0 Å². The van der Waals surface area contributed by atoms with Crippen LogP contribution >= 0.6 is 0 Å². The Morgan fingerprint density at radius 2 is 1.53 bits per heavy atom. The Kier molecular flexibility index (Phi) is 7.78. The number of carboxylic acid groups (broad SMARTS) is 1. The van der Waals surface area contributed by atoms with Gasteiger partial charge < -0.3 is 5.11 Å². The molecule has 0 bridgehead atoms. The van der Waals surface area contributed by atoms with E-state index in [-0.39, 0.29) is 5.56 Å². The summed E-state index contributed by atoms with van der Waals surface area (Å²) >= 11 is 0. The Morgan fingerprint density at radius 3 is 2.05 bits per heavy atom. The normalized spacial score (nSPS) is 10.6. The quantitative estimate of drug-likeness (QED) is 0.652. The number of aromatic carboxylic acids is 1. The minimum absolute atomic E-state index is 0.152. The Bertz CT molecular complexity index is 363. The number of unbranched alkanes of at least 4 members (excludes halogenated alkanes) is 7. The van der Waals surface area contributed by atoms with E-state index in [1.54, 1.807) is 0 Å². The van der Waals surface area contributed by atoms with Gasteiger partial charge in [0.15, 0.2) is 0 Å². The molecule has 0 aliphatic carbocycles. The van der Waals surface area contributed by atoms with E-state index in [0.717, 1.165) is 18.7 Å². The van der Waals surface area contributed by atoms with Crippen molar-refractivity contribution in [1.29, 1.82) is 0 Å². The number of aromatic nitrogens is 2. The maximum absolute atomic E-state index is 10.6. The molecule has 1 N–H and O–H groups in total. The van der Waals surface area contributed by atoms with Crippen LogP contribution in [0, 0.1) is 0 Å². The summed E-state index contributed by atoms with van der Waals surface area (Å²) in [5, 5.41) is 8.73. The van der Waals surface area contributed by atoms with E-state index in [0.29, 0.717) is 0 Å². The molecule has 106 valence electrons. The molecule has 0 aliphatic heterocycles. The van der Waals surface area contributed by atoms with Crippen LogP contribution in [0.3, 0.4) is 0 Å². The molecule has 0 saturated carbocycles. The minimum Gasteiger partial charge on any atom is -0.478 e. The monoisotopic (exact) mass is 264 g/mol. The SMILES string of the molecule is CCCCCCCCCCc1ncc(C(=O)O)cn1. The van der Waals surface area contributed by atoms with E-state index < -0.39 is 5.97 Å². The van der Waals surface area contributed by atoms with Crippen molar-refractivity contribution in [2.45, 2.75) is 64.7 Å².